The third-order valence-electron chi connectivity index (χ3n) is 1.50. The van der Waals surface area contributed by atoms with Crippen LogP contribution >= 0.6 is 0 Å². The zero-order valence-corrected chi connectivity index (χ0v) is 9.22. The van der Waals surface area contributed by atoms with E-state index in [0.29, 0.717) is 0 Å². The highest BCUT2D eigenvalue weighted by molar-refractivity contribution is 5.71. The fourth-order valence-electron chi connectivity index (χ4n) is 0.799. The second kappa shape index (κ2) is 5.22. The molecular formula is C10H20O3. The van der Waals surface area contributed by atoms with Gasteiger partial charge in [-0.15, -0.1) is 0 Å². The van der Waals surface area contributed by atoms with Crippen molar-refractivity contribution in [1.82, 2.24) is 0 Å². The van der Waals surface area contributed by atoms with Crippen molar-refractivity contribution >= 4 is 5.97 Å². The summed E-state index contributed by atoms with van der Waals surface area (Å²) in [6.45, 7) is 9.40. The second-order valence-electron chi connectivity index (χ2n) is 4.29. The molecule has 1 atom stereocenters. The predicted octanol–water partition coefficient (Wildman–Crippen LogP) is 2.70. The monoisotopic (exact) mass is 188 g/mol. The third kappa shape index (κ3) is 6.58. The maximum atomic E-state index is 11.2. The molecule has 0 aliphatic carbocycles. The zero-order chi connectivity index (χ0) is 10.5. The summed E-state index contributed by atoms with van der Waals surface area (Å²) in [7, 11) is 0. The normalized spacial score (nSPS) is 13.9. The fraction of sp³-hybridized carbons (Fsp3) is 0.900. The van der Waals surface area contributed by atoms with Crippen molar-refractivity contribution in [3.05, 3.63) is 0 Å². The van der Waals surface area contributed by atoms with E-state index in [9.17, 15) is 4.79 Å². The lowest BCUT2D eigenvalue weighted by Gasteiger charge is -2.18. The smallest absolute Gasteiger partial charge is 0.298 e. The van der Waals surface area contributed by atoms with Crippen molar-refractivity contribution < 1.29 is 14.6 Å². The van der Waals surface area contributed by atoms with Crippen LogP contribution in [0.3, 0.4) is 0 Å². The number of carbonyl (C=O) groups is 1. The summed E-state index contributed by atoms with van der Waals surface area (Å²) < 4.78 is 0. The van der Waals surface area contributed by atoms with Gasteiger partial charge in [0.25, 0.3) is 0 Å². The van der Waals surface area contributed by atoms with Gasteiger partial charge in [0.05, 0.1) is 5.92 Å². The van der Waals surface area contributed by atoms with Crippen LogP contribution in [0.25, 0.3) is 0 Å². The first-order chi connectivity index (χ1) is 5.87. The van der Waals surface area contributed by atoms with Gasteiger partial charge in [-0.3, -0.25) is 4.89 Å². The van der Waals surface area contributed by atoms with Crippen molar-refractivity contribution in [2.45, 2.75) is 53.1 Å². The highest BCUT2D eigenvalue weighted by atomic mass is 17.2. The van der Waals surface area contributed by atoms with Gasteiger partial charge in [-0.2, -0.15) is 4.89 Å². The average Bonchev–Trinajstić information content (AvgIpc) is 1.99. The van der Waals surface area contributed by atoms with E-state index in [4.69, 9.17) is 4.89 Å². The molecule has 1 unspecified atom stereocenters. The summed E-state index contributed by atoms with van der Waals surface area (Å²) in [6, 6.07) is 0. The molecule has 0 amide bonds. The lowest BCUT2D eigenvalue weighted by atomic mass is 10.1. The molecule has 0 N–H and O–H groups in total. The maximum absolute atomic E-state index is 11.2. The fourth-order valence-corrected chi connectivity index (χ4v) is 0.799. The Morgan fingerprint density at radius 1 is 1.38 bits per heavy atom. The van der Waals surface area contributed by atoms with Crippen LogP contribution in [0.1, 0.15) is 47.5 Å². The SMILES string of the molecule is CCCC(C)C(=O)OOC(C)(C)C. The van der Waals surface area contributed by atoms with Gasteiger partial charge >= 0.3 is 5.97 Å². The van der Waals surface area contributed by atoms with Crippen LogP contribution in [0.2, 0.25) is 0 Å². The molecule has 3 heteroatoms. The third-order valence-corrected chi connectivity index (χ3v) is 1.50. The molecule has 0 saturated heterocycles. The Morgan fingerprint density at radius 3 is 2.31 bits per heavy atom. The van der Waals surface area contributed by atoms with Gasteiger partial charge in [0.2, 0.25) is 0 Å². The van der Waals surface area contributed by atoms with E-state index < -0.39 is 5.60 Å². The minimum Gasteiger partial charge on any atom is -0.298 e. The van der Waals surface area contributed by atoms with Gasteiger partial charge in [0.1, 0.15) is 5.60 Å². The highest BCUT2D eigenvalue weighted by Gasteiger charge is 2.19. The van der Waals surface area contributed by atoms with Gasteiger partial charge in [-0.25, -0.2) is 4.79 Å². The van der Waals surface area contributed by atoms with Crippen molar-refractivity contribution in [1.29, 1.82) is 0 Å². The van der Waals surface area contributed by atoms with Crippen LogP contribution in [-0.2, 0) is 14.6 Å². The molecule has 0 aromatic carbocycles. The van der Waals surface area contributed by atoms with E-state index >= 15 is 0 Å². The Balaban J connectivity index is 3.74. The van der Waals surface area contributed by atoms with Crippen LogP contribution in [0.4, 0.5) is 0 Å². The minimum absolute atomic E-state index is 0.0765. The molecule has 0 saturated carbocycles. The van der Waals surface area contributed by atoms with Crippen molar-refractivity contribution in [3.8, 4) is 0 Å². The van der Waals surface area contributed by atoms with Crippen molar-refractivity contribution in [2.24, 2.45) is 5.92 Å². The molecule has 0 aromatic rings. The summed E-state index contributed by atoms with van der Waals surface area (Å²) in [5.74, 6) is -0.357. The molecule has 3 nitrogen and oxygen atoms in total. The molecule has 0 bridgehead atoms. The van der Waals surface area contributed by atoms with Gasteiger partial charge in [0.15, 0.2) is 0 Å². The molecular weight excluding hydrogens is 168 g/mol. The molecule has 0 rings (SSSR count). The van der Waals surface area contributed by atoms with Crippen LogP contribution in [-0.4, -0.2) is 11.6 Å². The number of rotatable bonds is 4. The zero-order valence-electron chi connectivity index (χ0n) is 9.22. The predicted molar refractivity (Wildman–Crippen MR) is 51.0 cm³/mol. The quantitative estimate of drug-likeness (QED) is 0.502. The Kier molecular flexibility index (Phi) is 4.99. The van der Waals surface area contributed by atoms with Crippen LogP contribution in [0.5, 0.6) is 0 Å². The molecule has 0 aliphatic heterocycles. The topological polar surface area (TPSA) is 35.5 Å². The Labute approximate surface area is 80.3 Å². The molecule has 0 spiro atoms. The average molecular weight is 188 g/mol. The summed E-state index contributed by atoms with van der Waals surface area (Å²) in [4.78, 5) is 20.8. The molecule has 0 radical (unpaired) electrons. The minimum atomic E-state index is -0.429. The van der Waals surface area contributed by atoms with Crippen LogP contribution in [0.15, 0.2) is 0 Å². The first kappa shape index (κ1) is 12.4. The molecule has 13 heavy (non-hydrogen) atoms. The number of hydrogen-bond acceptors (Lipinski definition) is 3. The molecule has 0 aromatic heterocycles. The largest absolute Gasteiger partial charge is 0.345 e. The lowest BCUT2D eigenvalue weighted by molar-refractivity contribution is -0.323. The summed E-state index contributed by atoms with van der Waals surface area (Å²) >= 11 is 0. The molecule has 0 heterocycles. The van der Waals surface area contributed by atoms with E-state index in [1.807, 2.05) is 34.6 Å². The maximum Gasteiger partial charge on any atom is 0.345 e. The first-order valence-electron chi connectivity index (χ1n) is 4.76. The van der Waals surface area contributed by atoms with E-state index in [2.05, 4.69) is 4.89 Å². The number of carbonyl (C=O) groups excluding carboxylic acids is 1. The summed E-state index contributed by atoms with van der Waals surface area (Å²) in [5, 5.41) is 0. The highest BCUT2D eigenvalue weighted by Crippen LogP contribution is 2.12. The van der Waals surface area contributed by atoms with E-state index in [0.717, 1.165) is 12.8 Å². The summed E-state index contributed by atoms with van der Waals surface area (Å²) in [6.07, 6.45) is 1.82. The van der Waals surface area contributed by atoms with Crippen LogP contribution in [0, 0.1) is 5.92 Å². The second-order valence-corrected chi connectivity index (χ2v) is 4.29. The lowest BCUT2D eigenvalue weighted by Crippen LogP contribution is -2.24. The van der Waals surface area contributed by atoms with Crippen LogP contribution < -0.4 is 0 Å². The van der Waals surface area contributed by atoms with Crippen molar-refractivity contribution in [2.75, 3.05) is 0 Å². The molecule has 0 aliphatic rings. The Bertz CT molecular complexity index is 158. The van der Waals surface area contributed by atoms with Crippen molar-refractivity contribution in [3.63, 3.8) is 0 Å². The van der Waals surface area contributed by atoms with Gasteiger partial charge in [-0.05, 0) is 27.2 Å². The van der Waals surface area contributed by atoms with Gasteiger partial charge < -0.3 is 0 Å². The van der Waals surface area contributed by atoms with Gasteiger partial charge in [0, 0.05) is 0 Å². The Morgan fingerprint density at radius 2 is 1.92 bits per heavy atom. The molecule has 0 fully saturated rings. The molecule has 78 valence electrons. The van der Waals surface area contributed by atoms with Gasteiger partial charge in [-0.1, -0.05) is 20.3 Å². The van der Waals surface area contributed by atoms with E-state index in [-0.39, 0.29) is 11.9 Å². The summed E-state index contributed by atoms with van der Waals surface area (Å²) in [5.41, 5.74) is -0.429. The standard InChI is InChI=1S/C10H20O3/c1-6-7-8(2)9(11)12-13-10(3,4)5/h8H,6-7H2,1-5H3. The number of hydrogen-bond donors (Lipinski definition) is 0. The van der Waals surface area contributed by atoms with E-state index in [1.54, 1.807) is 0 Å². The first-order valence-corrected chi connectivity index (χ1v) is 4.76. The van der Waals surface area contributed by atoms with E-state index in [1.165, 1.54) is 0 Å². The Hall–Kier alpha value is -0.570.